The summed E-state index contributed by atoms with van der Waals surface area (Å²) >= 11 is 1.68. The van der Waals surface area contributed by atoms with Crippen molar-refractivity contribution in [3.8, 4) is 0 Å². The number of benzene rings is 1. The van der Waals surface area contributed by atoms with E-state index in [-0.39, 0.29) is 16.7 Å². The SMILES string of the molecule is CN(C(=O)C1CCCCS1)c1ccc(C(=O)O)cc1N. The number of nitrogens with two attached hydrogens (primary N) is 1. The van der Waals surface area contributed by atoms with Gasteiger partial charge in [-0.1, -0.05) is 6.42 Å². The van der Waals surface area contributed by atoms with Crippen LogP contribution in [0.3, 0.4) is 0 Å². The predicted molar refractivity (Wildman–Crippen MR) is 81.3 cm³/mol. The lowest BCUT2D eigenvalue weighted by atomic mass is 10.1. The molecule has 0 aliphatic carbocycles. The molecule has 3 N–H and O–H groups in total. The lowest BCUT2D eigenvalue weighted by Gasteiger charge is -2.27. The first kappa shape index (κ1) is 14.7. The average molecular weight is 294 g/mol. The number of rotatable bonds is 3. The minimum Gasteiger partial charge on any atom is -0.478 e. The summed E-state index contributed by atoms with van der Waals surface area (Å²) in [6.07, 6.45) is 3.12. The van der Waals surface area contributed by atoms with Crippen LogP contribution in [0.5, 0.6) is 0 Å². The molecule has 1 aliphatic heterocycles. The van der Waals surface area contributed by atoms with Crippen molar-refractivity contribution in [1.82, 2.24) is 0 Å². The molecule has 1 saturated heterocycles. The molecule has 108 valence electrons. The molecule has 0 radical (unpaired) electrons. The second-order valence-corrected chi connectivity index (χ2v) is 6.14. The molecule has 1 aliphatic rings. The zero-order valence-electron chi connectivity index (χ0n) is 11.3. The van der Waals surface area contributed by atoms with Crippen LogP contribution in [-0.4, -0.2) is 35.0 Å². The molecule has 5 nitrogen and oxygen atoms in total. The van der Waals surface area contributed by atoms with E-state index in [9.17, 15) is 9.59 Å². The van der Waals surface area contributed by atoms with Crippen LogP contribution in [0.15, 0.2) is 18.2 Å². The van der Waals surface area contributed by atoms with Crippen molar-refractivity contribution < 1.29 is 14.7 Å². The minimum absolute atomic E-state index is 0.0210. The highest BCUT2D eigenvalue weighted by molar-refractivity contribution is 8.00. The number of thioether (sulfide) groups is 1. The number of carbonyl (C=O) groups excluding carboxylic acids is 1. The van der Waals surface area contributed by atoms with Gasteiger partial charge in [-0.3, -0.25) is 4.79 Å². The second-order valence-electron chi connectivity index (χ2n) is 4.83. The fourth-order valence-electron chi connectivity index (χ4n) is 2.26. The Labute approximate surface area is 122 Å². The summed E-state index contributed by atoms with van der Waals surface area (Å²) in [6.45, 7) is 0. The van der Waals surface area contributed by atoms with Gasteiger partial charge in [0, 0.05) is 7.05 Å². The van der Waals surface area contributed by atoms with E-state index in [1.165, 1.54) is 17.0 Å². The summed E-state index contributed by atoms with van der Waals surface area (Å²) in [5.74, 6) is 0.0158. The summed E-state index contributed by atoms with van der Waals surface area (Å²) in [5.41, 5.74) is 6.86. The summed E-state index contributed by atoms with van der Waals surface area (Å²) in [5, 5.41) is 8.89. The lowest BCUT2D eigenvalue weighted by molar-refractivity contribution is -0.118. The Kier molecular flexibility index (Phi) is 4.54. The molecule has 1 aromatic rings. The van der Waals surface area contributed by atoms with Gasteiger partial charge in [0.15, 0.2) is 0 Å². The lowest BCUT2D eigenvalue weighted by Crippen LogP contribution is -2.36. The van der Waals surface area contributed by atoms with Crippen LogP contribution < -0.4 is 10.6 Å². The third-order valence-electron chi connectivity index (χ3n) is 3.42. The Bertz CT molecular complexity index is 527. The molecule has 1 fully saturated rings. The number of hydrogen-bond donors (Lipinski definition) is 2. The van der Waals surface area contributed by atoms with Gasteiger partial charge in [-0.2, -0.15) is 0 Å². The molecule has 6 heteroatoms. The van der Waals surface area contributed by atoms with Crippen LogP contribution in [0.2, 0.25) is 0 Å². The number of amides is 1. The largest absolute Gasteiger partial charge is 0.478 e. The van der Waals surface area contributed by atoms with E-state index >= 15 is 0 Å². The monoisotopic (exact) mass is 294 g/mol. The fourth-order valence-corrected chi connectivity index (χ4v) is 3.55. The molecule has 1 unspecified atom stereocenters. The Morgan fingerprint density at radius 1 is 1.40 bits per heavy atom. The number of anilines is 2. The maximum absolute atomic E-state index is 12.4. The number of carboxylic acid groups (broad SMARTS) is 1. The molecule has 1 atom stereocenters. The number of carboxylic acids is 1. The van der Waals surface area contributed by atoms with Gasteiger partial charge < -0.3 is 15.7 Å². The molecule has 2 rings (SSSR count). The van der Waals surface area contributed by atoms with E-state index in [2.05, 4.69) is 0 Å². The normalized spacial score (nSPS) is 18.6. The van der Waals surface area contributed by atoms with Gasteiger partial charge in [0.2, 0.25) is 5.91 Å². The molecule has 20 heavy (non-hydrogen) atoms. The first-order chi connectivity index (χ1) is 9.50. The highest BCUT2D eigenvalue weighted by Crippen LogP contribution is 2.30. The van der Waals surface area contributed by atoms with E-state index in [1.54, 1.807) is 24.9 Å². The molecule has 1 aromatic carbocycles. The van der Waals surface area contributed by atoms with Gasteiger partial charge in [-0.05, 0) is 36.8 Å². The Morgan fingerprint density at radius 3 is 2.70 bits per heavy atom. The molecule has 1 heterocycles. The van der Waals surface area contributed by atoms with Gasteiger partial charge in [0.05, 0.1) is 22.2 Å². The Balaban J connectivity index is 2.17. The number of nitrogens with zero attached hydrogens (tertiary/aromatic N) is 1. The van der Waals surface area contributed by atoms with E-state index < -0.39 is 5.97 Å². The minimum atomic E-state index is -1.03. The topological polar surface area (TPSA) is 83.6 Å². The van der Waals surface area contributed by atoms with Crippen molar-refractivity contribution in [3.05, 3.63) is 23.8 Å². The molecule has 0 spiro atoms. The number of aromatic carboxylic acids is 1. The smallest absolute Gasteiger partial charge is 0.335 e. The number of hydrogen-bond acceptors (Lipinski definition) is 4. The summed E-state index contributed by atoms with van der Waals surface area (Å²) < 4.78 is 0. The zero-order chi connectivity index (χ0) is 14.7. The van der Waals surface area contributed by atoms with Crippen LogP contribution in [-0.2, 0) is 4.79 Å². The molecular weight excluding hydrogens is 276 g/mol. The third kappa shape index (κ3) is 3.07. The van der Waals surface area contributed by atoms with Crippen LogP contribution in [0.4, 0.5) is 11.4 Å². The fraction of sp³-hybridized carbons (Fsp3) is 0.429. The predicted octanol–water partition coefficient (Wildman–Crippen LogP) is 2.22. The molecule has 0 saturated carbocycles. The van der Waals surface area contributed by atoms with Crippen molar-refractivity contribution in [2.45, 2.75) is 24.5 Å². The first-order valence-corrected chi connectivity index (χ1v) is 7.57. The van der Waals surface area contributed by atoms with Gasteiger partial charge in [-0.15, -0.1) is 11.8 Å². The summed E-state index contributed by atoms with van der Waals surface area (Å²) in [7, 11) is 1.68. The van der Waals surface area contributed by atoms with Crippen molar-refractivity contribution in [3.63, 3.8) is 0 Å². The van der Waals surface area contributed by atoms with Crippen molar-refractivity contribution in [2.24, 2.45) is 0 Å². The maximum atomic E-state index is 12.4. The molecular formula is C14H18N2O3S. The van der Waals surface area contributed by atoms with Crippen molar-refractivity contribution >= 4 is 35.0 Å². The van der Waals surface area contributed by atoms with Crippen LogP contribution >= 0.6 is 11.8 Å². The number of carbonyl (C=O) groups is 2. The average Bonchev–Trinajstić information content (AvgIpc) is 2.46. The van der Waals surface area contributed by atoms with E-state index in [0.717, 1.165) is 25.0 Å². The summed E-state index contributed by atoms with van der Waals surface area (Å²) in [4.78, 5) is 24.8. The third-order valence-corrected chi connectivity index (χ3v) is 4.79. The standard InChI is InChI=1S/C14H18N2O3S/c1-16(13(17)12-4-2-3-7-20-12)11-6-5-9(14(18)19)8-10(11)15/h5-6,8,12H,2-4,7,15H2,1H3,(H,18,19). The molecule has 0 aromatic heterocycles. The number of nitrogen functional groups attached to an aromatic ring is 1. The van der Waals surface area contributed by atoms with E-state index in [4.69, 9.17) is 10.8 Å². The Morgan fingerprint density at radius 2 is 2.15 bits per heavy atom. The van der Waals surface area contributed by atoms with Crippen LogP contribution in [0, 0.1) is 0 Å². The van der Waals surface area contributed by atoms with Crippen LogP contribution in [0.1, 0.15) is 29.6 Å². The highest BCUT2D eigenvalue weighted by Gasteiger charge is 2.26. The van der Waals surface area contributed by atoms with E-state index in [1.807, 2.05) is 0 Å². The van der Waals surface area contributed by atoms with Gasteiger partial charge in [0.25, 0.3) is 0 Å². The molecule has 1 amide bonds. The Hall–Kier alpha value is -1.69. The molecule has 0 bridgehead atoms. The zero-order valence-corrected chi connectivity index (χ0v) is 12.2. The van der Waals surface area contributed by atoms with Gasteiger partial charge in [0.1, 0.15) is 0 Å². The van der Waals surface area contributed by atoms with Crippen molar-refractivity contribution in [2.75, 3.05) is 23.4 Å². The van der Waals surface area contributed by atoms with Gasteiger partial charge >= 0.3 is 5.97 Å². The summed E-state index contributed by atoms with van der Waals surface area (Å²) in [6, 6.07) is 4.44. The quantitative estimate of drug-likeness (QED) is 0.835. The van der Waals surface area contributed by atoms with Crippen molar-refractivity contribution in [1.29, 1.82) is 0 Å². The highest BCUT2D eigenvalue weighted by atomic mass is 32.2. The first-order valence-electron chi connectivity index (χ1n) is 6.52. The van der Waals surface area contributed by atoms with Crippen LogP contribution in [0.25, 0.3) is 0 Å². The second kappa shape index (κ2) is 6.17. The maximum Gasteiger partial charge on any atom is 0.335 e. The van der Waals surface area contributed by atoms with E-state index in [0.29, 0.717) is 11.4 Å². The van der Waals surface area contributed by atoms with Gasteiger partial charge in [-0.25, -0.2) is 4.79 Å².